The van der Waals surface area contributed by atoms with Crippen LogP contribution >= 0.6 is 17.0 Å². The highest BCUT2D eigenvalue weighted by atomic mass is 79.9. The number of hydrogen-bond acceptors (Lipinski definition) is 7. The van der Waals surface area contributed by atoms with Crippen molar-refractivity contribution in [2.24, 2.45) is 7.05 Å². The number of aromatic nitrogens is 2. The SMILES string of the molecule is Br.CCN(C(=O)Nc1ccc(C(F)(F)F)cc1)c1ccc(Oc2ccc3c(c2)cc(C(=O)N2CCN(Cc4ccc5c(c4)OCO5)CC2)n3C)nc1. The summed E-state index contributed by atoms with van der Waals surface area (Å²) in [5.41, 5.74) is 2.52. The fourth-order valence-electron chi connectivity index (χ4n) is 6.26. The minimum atomic E-state index is -4.46. The lowest BCUT2D eigenvalue weighted by molar-refractivity contribution is -0.137. The van der Waals surface area contributed by atoms with E-state index in [0.29, 0.717) is 36.1 Å². The molecule has 11 nitrogen and oxygen atoms in total. The molecule has 5 aromatic rings. The standard InChI is InChI=1S/C37H35F3N6O5.BrH/c1-3-46(36(48)42-27-7-5-26(6-8-27)37(38,39)40)28-9-13-34(41-21-28)51-29-10-11-30-25(19-29)20-31(43(30)2)35(47)45-16-14-44(15-17-45)22-24-4-12-32-33(18-24)50-23-49-32;/h4-13,18-21H,3,14-17,22-23H2,1-2H3,(H,42,48);1H. The van der Waals surface area contributed by atoms with E-state index in [1.807, 2.05) is 52.9 Å². The Balaban J connectivity index is 0.00000464. The van der Waals surface area contributed by atoms with Crippen molar-refractivity contribution in [2.45, 2.75) is 19.6 Å². The lowest BCUT2D eigenvalue weighted by atomic mass is 10.1. The molecule has 0 radical (unpaired) electrons. The quantitative estimate of drug-likeness (QED) is 0.172. The van der Waals surface area contributed by atoms with Crippen LogP contribution in [0.1, 0.15) is 28.5 Å². The van der Waals surface area contributed by atoms with Gasteiger partial charge in [0.15, 0.2) is 11.5 Å². The molecule has 0 atom stereocenters. The highest BCUT2D eigenvalue weighted by Gasteiger charge is 2.30. The zero-order valence-electron chi connectivity index (χ0n) is 28.4. The fraction of sp³-hybridized carbons (Fsp3) is 0.270. The molecule has 0 saturated carbocycles. The van der Waals surface area contributed by atoms with Crippen LogP contribution in [0.3, 0.4) is 0 Å². The molecule has 7 rings (SSSR count). The Kier molecular flexibility index (Phi) is 10.6. The van der Waals surface area contributed by atoms with Crippen LogP contribution in [0.4, 0.5) is 29.3 Å². The van der Waals surface area contributed by atoms with Gasteiger partial charge in [-0.3, -0.25) is 14.6 Å². The van der Waals surface area contributed by atoms with Crippen LogP contribution in [0.5, 0.6) is 23.1 Å². The van der Waals surface area contributed by atoms with Crippen LogP contribution in [0, 0.1) is 0 Å². The molecule has 4 heterocycles. The summed E-state index contributed by atoms with van der Waals surface area (Å²) >= 11 is 0. The van der Waals surface area contributed by atoms with E-state index in [9.17, 15) is 22.8 Å². The number of hydrogen-bond donors (Lipinski definition) is 1. The minimum Gasteiger partial charge on any atom is -0.454 e. The van der Waals surface area contributed by atoms with Gasteiger partial charge in [0, 0.05) is 69.0 Å². The van der Waals surface area contributed by atoms with Gasteiger partial charge in [0.1, 0.15) is 11.4 Å². The second-order valence-electron chi connectivity index (χ2n) is 12.3. The van der Waals surface area contributed by atoms with E-state index in [0.717, 1.165) is 59.7 Å². The van der Waals surface area contributed by atoms with Gasteiger partial charge in [-0.2, -0.15) is 13.2 Å². The Morgan fingerprint density at radius 1 is 0.923 bits per heavy atom. The molecule has 1 fully saturated rings. The van der Waals surface area contributed by atoms with Gasteiger partial charge in [-0.25, -0.2) is 9.78 Å². The number of piperazine rings is 1. The minimum absolute atomic E-state index is 0. The average molecular weight is 782 g/mol. The number of carbonyl (C=O) groups is 2. The maximum atomic E-state index is 13.6. The summed E-state index contributed by atoms with van der Waals surface area (Å²) in [6.45, 7) is 5.83. The highest BCUT2D eigenvalue weighted by molar-refractivity contribution is 8.93. The van der Waals surface area contributed by atoms with Crippen LogP contribution in [0.2, 0.25) is 0 Å². The van der Waals surface area contributed by atoms with Crippen LogP contribution in [0.25, 0.3) is 10.9 Å². The number of nitrogens with zero attached hydrogens (tertiary/aromatic N) is 5. The molecular formula is C37H36BrF3N6O5. The van der Waals surface area contributed by atoms with Gasteiger partial charge in [0.2, 0.25) is 12.7 Å². The smallest absolute Gasteiger partial charge is 0.416 e. The molecule has 3 aromatic carbocycles. The third-order valence-corrected chi connectivity index (χ3v) is 9.02. The number of urea groups is 1. The van der Waals surface area contributed by atoms with Gasteiger partial charge in [-0.1, -0.05) is 6.07 Å². The number of carbonyl (C=O) groups excluding carboxylic acids is 2. The molecule has 1 saturated heterocycles. The molecular weight excluding hydrogens is 745 g/mol. The van der Waals surface area contributed by atoms with E-state index >= 15 is 0 Å². The number of rotatable bonds is 8. The van der Waals surface area contributed by atoms with Crippen LogP contribution in [-0.2, 0) is 19.8 Å². The number of alkyl halides is 3. The van der Waals surface area contributed by atoms with E-state index in [2.05, 4.69) is 15.2 Å². The first kappa shape index (κ1) is 36.5. The zero-order chi connectivity index (χ0) is 35.7. The van der Waals surface area contributed by atoms with Crippen molar-refractivity contribution in [3.63, 3.8) is 0 Å². The molecule has 2 aliphatic heterocycles. The molecule has 52 heavy (non-hydrogen) atoms. The lowest BCUT2D eigenvalue weighted by Gasteiger charge is -2.34. The van der Waals surface area contributed by atoms with Crippen LogP contribution in [-0.4, -0.2) is 70.8 Å². The monoisotopic (exact) mass is 780 g/mol. The first-order valence-electron chi connectivity index (χ1n) is 16.4. The Hall–Kier alpha value is -5.28. The van der Waals surface area contributed by atoms with Crippen LogP contribution < -0.4 is 24.4 Å². The van der Waals surface area contributed by atoms with E-state index < -0.39 is 17.8 Å². The normalized spacial score (nSPS) is 14.2. The summed E-state index contributed by atoms with van der Waals surface area (Å²) in [5, 5.41) is 3.46. The number of aryl methyl sites for hydroxylation is 1. The predicted octanol–water partition coefficient (Wildman–Crippen LogP) is 7.71. The molecule has 0 unspecified atom stereocenters. The third kappa shape index (κ3) is 7.79. The van der Waals surface area contributed by atoms with Crippen molar-refractivity contribution in [2.75, 3.05) is 49.7 Å². The second-order valence-corrected chi connectivity index (χ2v) is 12.3. The number of fused-ring (bicyclic) bond motifs is 2. The number of nitrogens with one attached hydrogen (secondary N) is 1. The van der Waals surface area contributed by atoms with E-state index in [-0.39, 0.29) is 41.9 Å². The predicted molar refractivity (Wildman–Crippen MR) is 195 cm³/mol. The Morgan fingerprint density at radius 3 is 2.37 bits per heavy atom. The number of anilines is 2. The lowest BCUT2D eigenvalue weighted by Crippen LogP contribution is -2.48. The molecule has 2 aliphatic rings. The highest BCUT2D eigenvalue weighted by Crippen LogP contribution is 2.34. The molecule has 0 aliphatic carbocycles. The summed E-state index contributed by atoms with van der Waals surface area (Å²) in [6.07, 6.45) is -2.98. The van der Waals surface area contributed by atoms with Crippen LogP contribution in [0.15, 0.2) is 85.1 Å². The van der Waals surface area contributed by atoms with Crippen molar-refractivity contribution in [3.8, 4) is 23.1 Å². The van der Waals surface area contributed by atoms with E-state index in [1.54, 1.807) is 25.1 Å². The first-order chi connectivity index (χ1) is 24.6. The molecule has 0 spiro atoms. The molecule has 3 amide bonds. The molecule has 2 aromatic heterocycles. The Morgan fingerprint density at radius 2 is 1.67 bits per heavy atom. The van der Waals surface area contributed by atoms with Crippen molar-refractivity contribution in [3.05, 3.63) is 102 Å². The maximum absolute atomic E-state index is 13.6. The summed E-state index contributed by atoms with van der Waals surface area (Å²) in [7, 11) is 1.87. The van der Waals surface area contributed by atoms with Gasteiger partial charge < -0.3 is 29.0 Å². The van der Waals surface area contributed by atoms with Gasteiger partial charge in [0.05, 0.1) is 17.4 Å². The summed E-state index contributed by atoms with van der Waals surface area (Å²) in [4.78, 5) is 36.5. The molecule has 272 valence electrons. The third-order valence-electron chi connectivity index (χ3n) is 9.02. The van der Waals surface area contributed by atoms with Crippen molar-refractivity contribution < 1.29 is 37.0 Å². The number of pyridine rings is 1. The number of ether oxygens (including phenoxy) is 3. The van der Waals surface area contributed by atoms with E-state index in [4.69, 9.17) is 14.2 Å². The zero-order valence-corrected chi connectivity index (χ0v) is 30.1. The Bertz CT molecular complexity index is 2070. The average Bonchev–Trinajstić information content (AvgIpc) is 3.72. The Labute approximate surface area is 308 Å². The first-order valence-corrected chi connectivity index (χ1v) is 16.4. The fourth-order valence-corrected chi connectivity index (χ4v) is 6.26. The van der Waals surface area contributed by atoms with Gasteiger partial charge in [-0.15, -0.1) is 17.0 Å². The number of amides is 3. The summed E-state index contributed by atoms with van der Waals surface area (Å²) in [5.74, 6) is 2.32. The maximum Gasteiger partial charge on any atom is 0.416 e. The topological polar surface area (TPSA) is 101 Å². The largest absolute Gasteiger partial charge is 0.454 e. The van der Waals surface area contributed by atoms with Crippen molar-refractivity contribution in [1.82, 2.24) is 19.4 Å². The molecule has 15 heteroatoms. The second kappa shape index (κ2) is 15.1. The van der Waals surface area contributed by atoms with Gasteiger partial charge in [-0.05, 0) is 79.2 Å². The van der Waals surface area contributed by atoms with E-state index in [1.165, 1.54) is 23.2 Å². The molecule has 0 bridgehead atoms. The van der Waals surface area contributed by atoms with Crippen molar-refractivity contribution in [1.29, 1.82) is 0 Å². The molecule has 1 N–H and O–H groups in total. The van der Waals surface area contributed by atoms with Gasteiger partial charge >= 0.3 is 12.2 Å². The summed E-state index contributed by atoms with van der Waals surface area (Å²) < 4.78 is 57.5. The number of halogens is 4. The number of benzene rings is 3. The van der Waals surface area contributed by atoms with Crippen molar-refractivity contribution >= 4 is 51.2 Å². The van der Waals surface area contributed by atoms with Gasteiger partial charge in [0.25, 0.3) is 5.91 Å². The summed E-state index contributed by atoms with van der Waals surface area (Å²) in [6, 6.07) is 20.4.